The van der Waals surface area contributed by atoms with E-state index < -0.39 is 5.72 Å². The fourth-order valence-corrected chi connectivity index (χ4v) is 3.39. The third kappa shape index (κ3) is 4.63. The van der Waals surface area contributed by atoms with Gasteiger partial charge in [-0.1, -0.05) is 61.0 Å². The van der Waals surface area contributed by atoms with Crippen molar-refractivity contribution in [2.75, 3.05) is 5.75 Å². The van der Waals surface area contributed by atoms with E-state index in [-0.39, 0.29) is 0 Å². The van der Waals surface area contributed by atoms with Gasteiger partial charge in [0, 0.05) is 6.42 Å². The van der Waals surface area contributed by atoms with Crippen LogP contribution in [0, 0.1) is 0 Å². The molecule has 5 nitrogen and oxygen atoms in total. The predicted octanol–water partition coefficient (Wildman–Crippen LogP) is 3.50. The Kier molecular flexibility index (Phi) is 6.43. The van der Waals surface area contributed by atoms with Crippen molar-refractivity contribution < 1.29 is 4.74 Å². The molecule has 21 heavy (non-hydrogen) atoms. The summed E-state index contributed by atoms with van der Waals surface area (Å²) >= 11 is 13.9. The topological polar surface area (TPSA) is 62.5 Å². The van der Waals surface area contributed by atoms with Gasteiger partial charge < -0.3 is 4.74 Å². The van der Waals surface area contributed by atoms with Gasteiger partial charge in [-0.25, -0.2) is 5.84 Å². The Hall–Kier alpha value is -0.210. The van der Waals surface area contributed by atoms with Gasteiger partial charge >= 0.3 is 0 Å². The number of hydrogen-bond donors (Lipinski definition) is 3. The molecule has 4 N–H and O–H groups in total. The first-order chi connectivity index (χ1) is 10.1. The summed E-state index contributed by atoms with van der Waals surface area (Å²) in [7, 11) is 0. The molecule has 1 aromatic carbocycles. The smallest absolute Gasteiger partial charge is 0.186 e. The Bertz CT molecular complexity index is 459. The molecule has 118 valence electrons. The number of benzene rings is 1. The molecule has 1 aromatic rings. The van der Waals surface area contributed by atoms with Crippen LogP contribution in [0.5, 0.6) is 5.75 Å². The van der Waals surface area contributed by atoms with E-state index >= 15 is 0 Å². The first-order valence-electron chi connectivity index (χ1n) is 6.89. The Morgan fingerprint density at radius 3 is 2.71 bits per heavy atom. The van der Waals surface area contributed by atoms with Crippen LogP contribution in [0.3, 0.4) is 0 Å². The highest BCUT2D eigenvalue weighted by atomic mass is 35.5. The largest absolute Gasteiger partial charge is 0.467 e. The standard InChI is InChI=1S/C13H20Cl2N4OS/c1-2-3-4-8-13(9-21-18-19(16)17-13)20-12-10(14)6-5-7-11(12)15/h5-7,17-18H,2-4,8-9,16H2,1H3. The molecule has 0 radical (unpaired) electrons. The van der Waals surface area contributed by atoms with Crippen molar-refractivity contribution in [1.82, 2.24) is 15.5 Å². The van der Waals surface area contributed by atoms with Gasteiger partial charge in [-0.15, -0.1) is 5.23 Å². The number of para-hydroxylation sites is 1. The zero-order chi connectivity index (χ0) is 15.3. The Labute approximate surface area is 139 Å². The normalized spacial score (nSPS) is 23.2. The van der Waals surface area contributed by atoms with Gasteiger partial charge in [-0.3, -0.25) is 0 Å². The number of halogens is 2. The van der Waals surface area contributed by atoms with Gasteiger partial charge in [0.1, 0.15) is 0 Å². The van der Waals surface area contributed by atoms with Crippen LogP contribution in [0.2, 0.25) is 10.0 Å². The van der Waals surface area contributed by atoms with Gasteiger partial charge in [0.25, 0.3) is 0 Å². The van der Waals surface area contributed by atoms with E-state index in [9.17, 15) is 0 Å². The number of nitrogens with two attached hydrogens (primary N) is 1. The van der Waals surface area contributed by atoms with E-state index in [0.29, 0.717) is 21.5 Å². The SMILES string of the molecule is CCCCCC1(Oc2c(Cl)cccc2Cl)CSNN(N)N1. The molecule has 0 aromatic heterocycles. The lowest BCUT2D eigenvalue weighted by atomic mass is 10.1. The number of nitrogens with zero attached hydrogens (tertiary/aromatic N) is 1. The van der Waals surface area contributed by atoms with E-state index in [4.69, 9.17) is 33.8 Å². The molecular formula is C13H20Cl2N4OS. The van der Waals surface area contributed by atoms with Crippen molar-refractivity contribution in [3.63, 3.8) is 0 Å². The van der Waals surface area contributed by atoms with Crippen molar-refractivity contribution >= 4 is 35.1 Å². The fraction of sp³-hybridized carbons (Fsp3) is 0.538. The lowest BCUT2D eigenvalue weighted by Gasteiger charge is -2.41. The first-order valence-corrected chi connectivity index (χ1v) is 8.63. The second-order valence-corrected chi connectivity index (χ2v) is 6.54. The Morgan fingerprint density at radius 1 is 1.38 bits per heavy atom. The third-order valence-corrected chi connectivity index (χ3v) is 4.72. The summed E-state index contributed by atoms with van der Waals surface area (Å²) in [5, 5.41) is 2.29. The summed E-state index contributed by atoms with van der Waals surface area (Å²) in [6, 6.07) is 5.31. The van der Waals surface area contributed by atoms with Gasteiger partial charge in [-0.05, 0) is 18.6 Å². The average molecular weight is 351 g/mol. The summed E-state index contributed by atoms with van der Waals surface area (Å²) in [6.07, 6.45) is 4.11. The lowest BCUT2D eigenvalue weighted by Crippen LogP contribution is -2.68. The van der Waals surface area contributed by atoms with Gasteiger partial charge in [0.2, 0.25) is 0 Å². The van der Waals surface area contributed by atoms with E-state index in [2.05, 4.69) is 17.2 Å². The van der Waals surface area contributed by atoms with Crippen molar-refractivity contribution in [2.45, 2.75) is 38.3 Å². The van der Waals surface area contributed by atoms with Crippen LogP contribution in [0.4, 0.5) is 0 Å². The molecule has 1 atom stereocenters. The summed E-state index contributed by atoms with van der Waals surface area (Å²) in [5.41, 5.74) is 2.50. The maximum atomic E-state index is 6.20. The van der Waals surface area contributed by atoms with Crippen LogP contribution in [0.1, 0.15) is 32.6 Å². The van der Waals surface area contributed by atoms with E-state index in [0.717, 1.165) is 25.7 Å². The predicted molar refractivity (Wildman–Crippen MR) is 88.7 cm³/mol. The molecule has 1 fully saturated rings. The molecule has 1 heterocycles. The van der Waals surface area contributed by atoms with Crippen LogP contribution < -0.4 is 20.8 Å². The number of hydrazine groups is 3. The van der Waals surface area contributed by atoms with Crippen LogP contribution >= 0.6 is 35.1 Å². The average Bonchev–Trinajstić information content (AvgIpc) is 2.44. The lowest BCUT2D eigenvalue weighted by molar-refractivity contribution is -0.0507. The second kappa shape index (κ2) is 7.87. The van der Waals surface area contributed by atoms with Crippen LogP contribution in [-0.2, 0) is 0 Å². The molecule has 0 aliphatic carbocycles. The highest BCUT2D eigenvalue weighted by molar-refractivity contribution is 7.97. The number of ether oxygens (including phenoxy) is 1. The molecular weight excluding hydrogens is 331 g/mol. The minimum Gasteiger partial charge on any atom is -0.467 e. The van der Waals surface area contributed by atoms with Gasteiger partial charge in [0.15, 0.2) is 11.5 Å². The number of rotatable bonds is 6. The highest BCUT2D eigenvalue weighted by Crippen LogP contribution is 2.37. The highest BCUT2D eigenvalue weighted by Gasteiger charge is 2.37. The first kappa shape index (κ1) is 17.1. The van der Waals surface area contributed by atoms with Crippen molar-refractivity contribution in [3.05, 3.63) is 28.2 Å². The monoisotopic (exact) mass is 350 g/mol. The minimum atomic E-state index is -0.630. The van der Waals surface area contributed by atoms with Crippen molar-refractivity contribution in [3.8, 4) is 5.75 Å². The molecule has 0 bridgehead atoms. The van der Waals surface area contributed by atoms with Crippen LogP contribution in [0.15, 0.2) is 18.2 Å². The second-order valence-electron chi connectivity index (χ2n) is 4.97. The molecule has 1 aliphatic rings. The number of hydrogen-bond acceptors (Lipinski definition) is 6. The van der Waals surface area contributed by atoms with Crippen LogP contribution in [-0.4, -0.2) is 16.7 Å². The fourth-order valence-electron chi connectivity index (χ4n) is 2.16. The maximum absolute atomic E-state index is 6.20. The van der Waals surface area contributed by atoms with E-state index in [1.165, 1.54) is 17.2 Å². The van der Waals surface area contributed by atoms with Gasteiger partial charge in [-0.2, -0.15) is 10.3 Å². The molecule has 1 saturated heterocycles. The summed E-state index contributed by atoms with van der Waals surface area (Å²) < 4.78 is 6.16. The Morgan fingerprint density at radius 2 is 2.10 bits per heavy atom. The maximum Gasteiger partial charge on any atom is 0.186 e. The quantitative estimate of drug-likeness (QED) is 0.414. The minimum absolute atomic E-state index is 0.487. The van der Waals surface area contributed by atoms with Crippen molar-refractivity contribution in [1.29, 1.82) is 0 Å². The molecule has 1 aliphatic heterocycles. The molecule has 8 heteroatoms. The Balaban J connectivity index is 2.18. The molecule has 0 saturated carbocycles. The molecule has 0 spiro atoms. The molecule has 0 amide bonds. The molecule has 1 unspecified atom stereocenters. The zero-order valence-electron chi connectivity index (χ0n) is 11.9. The van der Waals surface area contributed by atoms with E-state index in [1.807, 2.05) is 0 Å². The van der Waals surface area contributed by atoms with Crippen LogP contribution in [0.25, 0.3) is 0 Å². The molecule has 2 rings (SSSR count). The summed E-state index contributed by atoms with van der Waals surface area (Å²) in [5.74, 6) is 6.96. The zero-order valence-corrected chi connectivity index (χ0v) is 14.2. The van der Waals surface area contributed by atoms with E-state index in [1.54, 1.807) is 18.2 Å². The van der Waals surface area contributed by atoms with Gasteiger partial charge in [0.05, 0.1) is 15.8 Å². The number of nitrogens with one attached hydrogen (secondary N) is 2. The third-order valence-electron chi connectivity index (χ3n) is 3.19. The summed E-state index contributed by atoms with van der Waals surface area (Å²) in [4.78, 5) is 2.91. The van der Waals surface area contributed by atoms with Crippen molar-refractivity contribution in [2.24, 2.45) is 5.84 Å². The number of unbranched alkanes of at least 4 members (excludes halogenated alkanes) is 2. The summed E-state index contributed by atoms with van der Waals surface area (Å²) in [6.45, 7) is 2.16.